The third-order valence-corrected chi connectivity index (χ3v) is 1.62. The zero-order valence-electron chi connectivity index (χ0n) is 8.10. The van der Waals surface area contributed by atoms with Crippen molar-refractivity contribution in [3.63, 3.8) is 0 Å². The first kappa shape index (κ1) is 13.7. The predicted octanol–water partition coefficient (Wildman–Crippen LogP) is 0.926. The number of rotatable bonds is 7. The van der Waals surface area contributed by atoms with Crippen molar-refractivity contribution in [1.82, 2.24) is 5.32 Å². The molecular formula is C8H16F3NO2. The molecule has 86 valence electrons. The molecule has 3 nitrogen and oxygen atoms in total. The summed E-state index contributed by atoms with van der Waals surface area (Å²) in [5.74, 6) is 0. The minimum absolute atomic E-state index is 0.166. The Bertz CT molecular complexity index is 141. The average molecular weight is 215 g/mol. The van der Waals surface area contributed by atoms with E-state index in [0.29, 0.717) is 13.2 Å². The van der Waals surface area contributed by atoms with Crippen LogP contribution in [0.15, 0.2) is 0 Å². The number of aliphatic hydroxyl groups excluding tert-OH is 1. The molecule has 0 aliphatic rings. The van der Waals surface area contributed by atoms with Crippen molar-refractivity contribution in [2.24, 2.45) is 0 Å². The topological polar surface area (TPSA) is 41.5 Å². The summed E-state index contributed by atoms with van der Waals surface area (Å²) in [6, 6.07) is 0. The largest absolute Gasteiger partial charge is 0.392 e. The van der Waals surface area contributed by atoms with E-state index in [1.165, 1.54) is 7.11 Å². The Morgan fingerprint density at radius 2 is 2.07 bits per heavy atom. The second kappa shape index (κ2) is 7.03. The number of hydrogen-bond donors (Lipinski definition) is 2. The number of alkyl halides is 3. The van der Waals surface area contributed by atoms with Gasteiger partial charge in [0, 0.05) is 26.6 Å². The zero-order valence-corrected chi connectivity index (χ0v) is 8.10. The van der Waals surface area contributed by atoms with Crippen LogP contribution in [0.4, 0.5) is 13.2 Å². The highest BCUT2D eigenvalue weighted by Crippen LogP contribution is 2.21. The maximum atomic E-state index is 11.7. The van der Waals surface area contributed by atoms with E-state index in [0.717, 1.165) is 0 Å². The molecule has 0 rings (SSSR count). The van der Waals surface area contributed by atoms with Gasteiger partial charge in [-0.15, -0.1) is 0 Å². The molecule has 0 heterocycles. The SMILES string of the molecule is COCCNCC(O)CCC(F)(F)F. The molecule has 0 aromatic heterocycles. The van der Waals surface area contributed by atoms with E-state index in [9.17, 15) is 13.2 Å². The minimum Gasteiger partial charge on any atom is -0.392 e. The average Bonchev–Trinajstić information content (AvgIpc) is 2.08. The molecule has 0 amide bonds. The van der Waals surface area contributed by atoms with E-state index < -0.39 is 18.7 Å². The molecule has 2 N–H and O–H groups in total. The molecule has 0 bridgehead atoms. The van der Waals surface area contributed by atoms with Gasteiger partial charge in [0.2, 0.25) is 0 Å². The number of hydrogen-bond acceptors (Lipinski definition) is 3. The molecule has 6 heteroatoms. The number of aliphatic hydroxyl groups is 1. The van der Waals surface area contributed by atoms with Gasteiger partial charge in [-0.2, -0.15) is 13.2 Å². The second-order valence-electron chi connectivity index (χ2n) is 3.00. The summed E-state index contributed by atoms with van der Waals surface area (Å²) in [4.78, 5) is 0. The van der Waals surface area contributed by atoms with Crippen LogP contribution in [-0.2, 0) is 4.74 Å². The van der Waals surface area contributed by atoms with Crippen LogP contribution in [0, 0.1) is 0 Å². The van der Waals surface area contributed by atoms with Gasteiger partial charge < -0.3 is 15.2 Å². The monoisotopic (exact) mass is 215 g/mol. The van der Waals surface area contributed by atoms with Crippen molar-refractivity contribution in [2.75, 3.05) is 26.8 Å². The smallest absolute Gasteiger partial charge is 0.389 e. The van der Waals surface area contributed by atoms with Crippen LogP contribution in [0.1, 0.15) is 12.8 Å². The molecule has 0 aromatic rings. The predicted molar refractivity (Wildman–Crippen MR) is 46.0 cm³/mol. The lowest BCUT2D eigenvalue weighted by Gasteiger charge is -2.12. The first-order chi connectivity index (χ1) is 6.45. The number of halogens is 3. The Morgan fingerprint density at radius 3 is 2.57 bits per heavy atom. The highest BCUT2D eigenvalue weighted by molar-refractivity contribution is 4.62. The van der Waals surface area contributed by atoms with E-state index >= 15 is 0 Å². The molecule has 14 heavy (non-hydrogen) atoms. The summed E-state index contributed by atoms with van der Waals surface area (Å²) in [7, 11) is 1.53. The Labute approximate surface area is 81.2 Å². The van der Waals surface area contributed by atoms with Crippen molar-refractivity contribution < 1.29 is 23.0 Å². The third-order valence-electron chi connectivity index (χ3n) is 1.62. The lowest BCUT2D eigenvalue weighted by Crippen LogP contribution is -2.30. The summed E-state index contributed by atoms with van der Waals surface area (Å²) >= 11 is 0. The highest BCUT2D eigenvalue weighted by atomic mass is 19.4. The Hall–Kier alpha value is -0.330. The number of ether oxygens (including phenoxy) is 1. The summed E-state index contributed by atoms with van der Waals surface area (Å²) in [5.41, 5.74) is 0. The van der Waals surface area contributed by atoms with Crippen molar-refractivity contribution in [2.45, 2.75) is 25.1 Å². The molecule has 0 aromatic carbocycles. The first-order valence-electron chi connectivity index (χ1n) is 4.40. The molecule has 0 saturated heterocycles. The molecular weight excluding hydrogens is 199 g/mol. The maximum Gasteiger partial charge on any atom is 0.389 e. The minimum atomic E-state index is -4.19. The van der Waals surface area contributed by atoms with Gasteiger partial charge in [0.25, 0.3) is 0 Å². The van der Waals surface area contributed by atoms with Gasteiger partial charge in [-0.05, 0) is 6.42 Å². The van der Waals surface area contributed by atoms with E-state index in [-0.39, 0.29) is 13.0 Å². The van der Waals surface area contributed by atoms with Gasteiger partial charge in [0.1, 0.15) is 0 Å². The summed E-state index contributed by atoms with van der Waals surface area (Å²) in [5, 5.41) is 11.9. The molecule has 0 saturated carbocycles. The van der Waals surface area contributed by atoms with E-state index in [1.54, 1.807) is 0 Å². The summed E-state index contributed by atoms with van der Waals surface area (Å²) in [6.07, 6.45) is -6.34. The summed E-state index contributed by atoms with van der Waals surface area (Å²) < 4.78 is 39.8. The fraction of sp³-hybridized carbons (Fsp3) is 1.00. The van der Waals surface area contributed by atoms with Crippen molar-refractivity contribution in [3.8, 4) is 0 Å². The molecule has 0 fully saturated rings. The molecule has 0 aliphatic heterocycles. The van der Waals surface area contributed by atoms with E-state index in [4.69, 9.17) is 9.84 Å². The lowest BCUT2D eigenvalue weighted by molar-refractivity contribution is -0.139. The molecule has 0 aliphatic carbocycles. The van der Waals surface area contributed by atoms with Gasteiger partial charge >= 0.3 is 6.18 Å². The van der Waals surface area contributed by atoms with Gasteiger partial charge in [0.15, 0.2) is 0 Å². The third kappa shape index (κ3) is 9.76. The van der Waals surface area contributed by atoms with Crippen molar-refractivity contribution in [3.05, 3.63) is 0 Å². The maximum absolute atomic E-state index is 11.7. The quantitative estimate of drug-likeness (QED) is 0.621. The highest BCUT2D eigenvalue weighted by Gasteiger charge is 2.27. The lowest BCUT2D eigenvalue weighted by atomic mass is 10.2. The normalized spacial score (nSPS) is 14.4. The molecule has 0 radical (unpaired) electrons. The van der Waals surface area contributed by atoms with Gasteiger partial charge in [-0.1, -0.05) is 0 Å². The van der Waals surface area contributed by atoms with Crippen LogP contribution in [0.2, 0.25) is 0 Å². The number of methoxy groups -OCH3 is 1. The van der Waals surface area contributed by atoms with E-state index in [1.807, 2.05) is 0 Å². The van der Waals surface area contributed by atoms with Crippen LogP contribution in [-0.4, -0.2) is 44.2 Å². The van der Waals surface area contributed by atoms with Crippen LogP contribution in [0.5, 0.6) is 0 Å². The zero-order chi connectivity index (χ0) is 11.0. The molecule has 1 atom stereocenters. The first-order valence-corrected chi connectivity index (χ1v) is 4.40. The standard InChI is InChI=1S/C8H16F3NO2/c1-14-5-4-12-6-7(13)2-3-8(9,10)11/h7,12-13H,2-6H2,1H3. The van der Waals surface area contributed by atoms with Crippen LogP contribution in [0.25, 0.3) is 0 Å². The van der Waals surface area contributed by atoms with Crippen molar-refractivity contribution in [1.29, 1.82) is 0 Å². The van der Waals surface area contributed by atoms with Crippen LogP contribution >= 0.6 is 0 Å². The fourth-order valence-electron chi connectivity index (χ4n) is 0.875. The van der Waals surface area contributed by atoms with Crippen LogP contribution < -0.4 is 5.32 Å². The Morgan fingerprint density at radius 1 is 1.43 bits per heavy atom. The summed E-state index contributed by atoms with van der Waals surface area (Å²) in [6.45, 7) is 1.17. The number of nitrogens with one attached hydrogen (secondary N) is 1. The Balaban J connectivity index is 3.32. The molecule has 0 spiro atoms. The van der Waals surface area contributed by atoms with Crippen LogP contribution in [0.3, 0.4) is 0 Å². The second-order valence-corrected chi connectivity index (χ2v) is 3.00. The van der Waals surface area contributed by atoms with Gasteiger partial charge in [-0.3, -0.25) is 0 Å². The Kier molecular flexibility index (Phi) is 6.86. The molecule has 1 unspecified atom stereocenters. The fourth-order valence-corrected chi connectivity index (χ4v) is 0.875. The van der Waals surface area contributed by atoms with E-state index in [2.05, 4.69) is 5.32 Å². The van der Waals surface area contributed by atoms with Crippen molar-refractivity contribution >= 4 is 0 Å². The van der Waals surface area contributed by atoms with Gasteiger partial charge in [-0.25, -0.2) is 0 Å². The van der Waals surface area contributed by atoms with Gasteiger partial charge in [0.05, 0.1) is 12.7 Å².